The Morgan fingerprint density at radius 2 is 1.83 bits per heavy atom. The first-order valence-corrected chi connectivity index (χ1v) is 7.47. The zero-order valence-corrected chi connectivity index (χ0v) is 14.0. The minimum Gasteiger partial charge on any atom is -0.465 e. The molecule has 0 aliphatic rings. The van der Waals surface area contributed by atoms with E-state index < -0.39 is 5.97 Å². The molecule has 0 radical (unpaired) electrons. The molecule has 5 heteroatoms. The van der Waals surface area contributed by atoms with Gasteiger partial charge in [-0.15, -0.1) is 0 Å². The fraction of sp³-hybridized carbons (Fsp3) is 0.333. The van der Waals surface area contributed by atoms with Crippen LogP contribution in [0, 0.1) is 13.8 Å². The number of benzene rings is 1. The third-order valence-electron chi connectivity index (χ3n) is 3.81. The number of hydrogen-bond acceptors (Lipinski definition) is 4. The number of carbonyl (C=O) groups is 2. The molecule has 0 saturated carbocycles. The Bertz CT molecular complexity index is 705. The zero-order chi connectivity index (χ0) is 17.0. The van der Waals surface area contributed by atoms with E-state index in [1.54, 1.807) is 13.8 Å². The van der Waals surface area contributed by atoms with E-state index in [1.165, 1.54) is 7.11 Å². The Labute approximate surface area is 136 Å². The van der Waals surface area contributed by atoms with Crippen molar-refractivity contribution in [1.82, 2.24) is 9.88 Å². The van der Waals surface area contributed by atoms with Crippen LogP contribution in [-0.4, -0.2) is 42.3 Å². The van der Waals surface area contributed by atoms with Gasteiger partial charge in [0.15, 0.2) is 5.78 Å². The highest BCUT2D eigenvalue weighted by atomic mass is 16.5. The summed E-state index contributed by atoms with van der Waals surface area (Å²) in [7, 11) is 3.24. The molecule has 0 saturated heterocycles. The Hall–Kier alpha value is -2.40. The molecule has 0 fully saturated rings. The lowest BCUT2D eigenvalue weighted by atomic mass is 10.1. The first kappa shape index (κ1) is 17.0. The summed E-state index contributed by atoms with van der Waals surface area (Å²) in [6.45, 7) is 4.50. The topological polar surface area (TPSA) is 62.4 Å². The minimum atomic E-state index is -0.423. The smallest absolute Gasteiger partial charge is 0.339 e. The number of aromatic nitrogens is 1. The van der Waals surface area contributed by atoms with Gasteiger partial charge in [0.05, 0.1) is 24.9 Å². The predicted octanol–water partition coefficient (Wildman–Crippen LogP) is 2.73. The van der Waals surface area contributed by atoms with Gasteiger partial charge in [0.2, 0.25) is 0 Å². The van der Waals surface area contributed by atoms with Gasteiger partial charge in [-0.2, -0.15) is 0 Å². The van der Waals surface area contributed by atoms with Gasteiger partial charge in [-0.1, -0.05) is 30.3 Å². The number of nitrogens with zero attached hydrogens (tertiary/aromatic N) is 1. The van der Waals surface area contributed by atoms with E-state index in [0.29, 0.717) is 29.1 Å². The highest BCUT2D eigenvalue weighted by Crippen LogP contribution is 2.19. The van der Waals surface area contributed by atoms with Crippen molar-refractivity contribution in [2.24, 2.45) is 0 Å². The molecule has 2 aromatic rings. The summed E-state index contributed by atoms with van der Waals surface area (Å²) in [4.78, 5) is 29.3. The molecule has 2 rings (SSSR count). The maximum atomic E-state index is 12.5. The molecular weight excluding hydrogens is 292 g/mol. The molecule has 1 aromatic carbocycles. The number of hydrogen-bond donors (Lipinski definition) is 1. The lowest BCUT2D eigenvalue weighted by Crippen LogP contribution is -2.26. The predicted molar refractivity (Wildman–Crippen MR) is 88.7 cm³/mol. The first-order valence-electron chi connectivity index (χ1n) is 7.47. The monoisotopic (exact) mass is 314 g/mol. The number of aromatic amines is 1. The molecule has 1 aromatic heterocycles. The highest BCUT2D eigenvalue weighted by molar-refractivity contribution is 6.02. The van der Waals surface area contributed by atoms with Crippen molar-refractivity contribution >= 4 is 11.8 Å². The van der Waals surface area contributed by atoms with Crippen molar-refractivity contribution in [3.05, 3.63) is 58.4 Å². The van der Waals surface area contributed by atoms with Gasteiger partial charge in [0, 0.05) is 12.2 Å². The number of esters is 1. The molecule has 0 atom stereocenters. The van der Waals surface area contributed by atoms with E-state index in [-0.39, 0.29) is 12.3 Å². The summed E-state index contributed by atoms with van der Waals surface area (Å²) in [5, 5.41) is 0. The normalized spacial score (nSPS) is 10.8. The number of aryl methyl sites for hydroxylation is 1. The summed E-state index contributed by atoms with van der Waals surface area (Å²) >= 11 is 0. The Kier molecular flexibility index (Phi) is 5.34. The molecule has 0 bridgehead atoms. The Morgan fingerprint density at radius 3 is 2.43 bits per heavy atom. The molecule has 0 unspecified atom stereocenters. The summed E-state index contributed by atoms with van der Waals surface area (Å²) < 4.78 is 4.77. The van der Waals surface area contributed by atoms with E-state index >= 15 is 0 Å². The standard InChI is InChI=1S/C18H22N2O3/c1-12-16(18(22)23-4)13(2)19-17(12)15(21)11-20(3)10-14-8-6-5-7-9-14/h5-9,19H,10-11H2,1-4H3. The van der Waals surface area contributed by atoms with Crippen LogP contribution in [-0.2, 0) is 11.3 Å². The molecule has 0 aliphatic carbocycles. The van der Waals surface area contributed by atoms with Crippen LogP contribution in [0.5, 0.6) is 0 Å². The Morgan fingerprint density at radius 1 is 1.17 bits per heavy atom. The van der Waals surface area contributed by atoms with Crippen LogP contribution in [0.25, 0.3) is 0 Å². The van der Waals surface area contributed by atoms with Gasteiger partial charge in [0.1, 0.15) is 0 Å². The Balaban J connectivity index is 2.10. The zero-order valence-electron chi connectivity index (χ0n) is 14.0. The van der Waals surface area contributed by atoms with Gasteiger partial charge < -0.3 is 9.72 Å². The maximum Gasteiger partial charge on any atom is 0.339 e. The van der Waals surface area contributed by atoms with Gasteiger partial charge in [-0.25, -0.2) is 4.79 Å². The maximum absolute atomic E-state index is 12.5. The fourth-order valence-electron chi connectivity index (χ4n) is 2.71. The fourth-order valence-corrected chi connectivity index (χ4v) is 2.71. The summed E-state index contributed by atoms with van der Waals surface area (Å²) in [5.74, 6) is -0.466. The lowest BCUT2D eigenvalue weighted by molar-refractivity contribution is 0.0599. The third-order valence-corrected chi connectivity index (χ3v) is 3.81. The van der Waals surface area contributed by atoms with Crippen molar-refractivity contribution in [2.45, 2.75) is 20.4 Å². The second-order valence-corrected chi connectivity index (χ2v) is 5.70. The number of Topliss-reactive ketones (excluding diaryl/α,β-unsaturated/α-hetero) is 1. The van der Waals surface area contributed by atoms with Crippen LogP contribution in [0.3, 0.4) is 0 Å². The second-order valence-electron chi connectivity index (χ2n) is 5.70. The molecule has 5 nitrogen and oxygen atoms in total. The molecule has 122 valence electrons. The van der Waals surface area contributed by atoms with E-state index in [9.17, 15) is 9.59 Å². The number of ether oxygens (including phenoxy) is 1. The number of methoxy groups -OCH3 is 1. The molecule has 0 spiro atoms. The van der Waals surface area contributed by atoms with Crippen LogP contribution >= 0.6 is 0 Å². The SMILES string of the molecule is COC(=O)c1c(C)[nH]c(C(=O)CN(C)Cc2ccccc2)c1C. The molecule has 0 amide bonds. The van der Waals surface area contributed by atoms with E-state index in [2.05, 4.69) is 4.98 Å². The molecular formula is C18H22N2O3. The van der Waals surface area contributed by atoms with Crippen molar-refractivity contribution in [2.75, 3.05) is 20.7 Å². The van der Waals surface area contributed by atoms with Crippen molar-refractivity contribution in [3.63, 3.8) is 0 Å². The number of nitrogens with one attached hydrogen (secondary N) is 1. The summed E-state index contributed by atoms with van der Waals surface area (Å²) in [6, 6.07) is 9.98. The van der Waals surface area contributed by atoms with Crippen molar-refractivity contribution in [1.29, 1.82) is 0 Å². The van der Waals surface area contributed by atoms with Crippen LogP contribution in [0.2, 0.25) is 0 Å². The largest absolute Gasteiger partial charge is 0.465 e. The van der Waals surface area contributed by atoms with Gasteiger partial charge in [-0.3, -0.25) is 9.69 Å². The number of H-pyrrole nitrogens is 1. The quantitative estimate of drug-likeness (QED) is 0.658. The second kappa shape index (κ2) is 7.24. The van der Waals surface area contributed by atoms with E-state index in [4.69, 9.17) is 4.74 Å². The van der Waals surface area contributed by atoms with E-state index in [1.807, 2.05) is 42.3 Å². The number of carbonyl (C=O) groups excluding carboxylic acids is 2. The van der Waals surface area contributed by atoms with Crippen LogP contribution in [0.1, 0.15) is 37.7 Å². The number of rotatable bonds is 6. The average Bonchev–Trinajstić information content (AvgIpc) is 2.82. The van der Waals surface area contributed by atoms with Crippen molar-refractivity contribution in [3.8, 4) is 0 Å². The third kappa shape index (κ3) is 3.87. The van der Waals surface area contributed by atoms with Crippen LogP contribution < -0.4 is 0 Å². The van der Waals surface area contributed by atoms with Gasteiger partial charge in [0.25, 0.3) is 0 Å². The van der Waals surface area contributed by atoms with Crippen LogP contribution in [0.15, 0.2) is 30.3 Å². The number of ketones is 1. The molecule has 0 aliphatic heterocycles. The molecule has 1 heterocycles. The van der Waals surface area contributed by atoms with Crippen LogP contribution in [0.4, 0.5) is 0 Å². The minimum absolute atomic E-state index is 0.0424. The molecule has 1 N–H and O–H groups in total. The summed E-state index contributed by atoms with van der Waals surface area (Å²) in [5.41, 5.74) is 3.37. The highest BCUT2D eigenvalue weighted by Gasteiger charge is 2.22. The van der Waals surface area contributed by atoms with Crippen molar-refractivity contribution < 1.29 is 14.3 Å². The summed E-state index contributed by atoms with van der Waals surface area (Å²) in [6.07, 6.45) is 0. The van der Waals surface area contributed by atoms with Gasteiger partial charge in [-0.05, 0) is 32.0 Å². The first-order chi connectivity index (χ1) is 10.9. The van der Waals surface area contributed by atoms with Gasteiger partial charge >= 0.3 is 5.97 Å². The molecule has 23 heavy (non-hydrogen) atoms. The average molecular weight is 314 g/mol. The lowest BCUT2D eigenvalue weighted by Gasteiger charge is -2.15. The van der Waals surface area contributed by atoms with E-state index in [0.717, 1.165) is 5.56 Å². The number of likely N-dealkylation sites (N-methyl/N-ethyl adjacent to an activating group) is 1.